The van der Waals surface area contributed by atoms with E-state index in [2.05, 4.69) is 0 Å². The Morgan fingerprint density at radius 3 is 2.12 bits per heavy atom. The Kier molecular flexibility index (Phi) is 5.51. The molecule has 0 unspecified atom stereocenters. The fourth-order valence-corrected chi connectivity index (χ4v) is 5.01. The largest absolute Gasteiger partial charge is 0.493 e. The predicted octanol–water partition coefficient (Wildman–Crippen LogP) is 4.65. The standard InChI is InChI=1S/C26H20N2O5S/c1-31-18-13-15(14-19(32-2)23(18)33-3)24-27-25-21(22(29)17-11-7-8-12-20(17)34-25)26(30)28(24)16-9-5-4-6-10-16/h4-14H,1-3H3. The van der Waals surface area contributed by atoms with Crippen molar-refractivity contribution >= 4 is 31.6 Å². The molecule has 0 N–H and O–H groups in total. The first-order chi connectivity index (χ1) is 16.6. The van der Waals surface area contributed by atoms with Crippen molar-refractivity contribution < 1.29 is 14.2 Å². The molecule has 0 amide bonds. The first-order valence-corrected chi connectivity index (χ1v) is 11.2. The number of hydrogen-bond acceptors (Lipinski definition) is 7. The smallest absolute Gasteiger partial charge is 0.271 e. The molecule has 34 heavy (non-hydrogen) atoms. The summed E-state index contributed by atoms with van der Waals surface area (Å²) in [6.07, 6.45) is 0. The highest BCUT2D eigenvalue weighted by Gasteiger charge is 2.21. The van der Waals surface area contributed by atoms with Crippen LogP contribution >= 0.6 is 11.3 Å². The molecule has 2 aromatic heterocycles. The van der Waals surface area contributed by atoms with E-state index in [1.807, 2.05) is 30.3 Å². The highest BCUT2D eigenvalue weighted by Crippen LogP contribution is 2.41. The van der Waals surface area contributed by atoms with Crippen LogP contribution in [0.1, 0.15) is 0 Å². The van der Waals surface area contributed by atoms with Crippen molar-refractivity contribution in [3.63, 3.8) is 0 Å². The molecule has 7 nitrogen and oxygen atoms in total. The molecule has 170 valence electrons. The Morgan fingerprint density at radius 1 is 0.824 bits per heavy atom. The van der Waals surface area contributed by atoms with Crippen LogP contribution in [-0.4, -0.2) is 30.9 Å². The van der Waals surface area contributed by atoms with E-state index in [0.29, 0.717) is 44.5 Å². The van der Waals surface area contributed by atoms with Crippen molar-refractivity contribution in [2.24, 2.45) is 0 Å². The van der Waals surface area contributed by atoms with Crippen molar-refractivity contribution in [3.05, 3.63) is 87.3 Å². The van der Waals surface area contributed by atoms with Crippen LogP contribution in [0.5, 0.6) is 17.2 Å². The van der Waals surface area contributed by atoms with Crippen molar-refractivity contribution in [1.29, 1.82) is 0 Å². The summed E-state index contributed by atoms with van der Waals surface area (Å²) in [5.41, 5.74) is 0.392. The summed E-state index contributed by atoms with van der Waals surface area (Å²) in [5.74, 6) is 1.64. The molecule has 3 aromatic carbocycles. The van der Waals surface area contributed by atoms with Gasteiger partial charge in [-0.2, -0.15) is 0 Å². The van der Waals surface area contributed by atoms with Gasteiger partial charge in [-0.25, -0.2) is 4.98 Å². The first kappa shape index (κ1) is 21.7. The van der Waals surface area contributed by atoms with Crippen molar-refractivity contribution in [1.82, 2.24) is 9.55 Å². The Bertz CT molecular complexity index is 1630. The monoisotopic (exact) mass is 472 g/mol. The third-order valence-corrected chi connectivity index (χ3v) is 6.62. The van der Waals surface area contributed by atoms with Gasteiger partial charge in [0.1, 0.15) is 16.0 Å². The van der Waals surface area contributed by atoms with E-state index < -0.39 is 5.56 Å². The van der Waals surface area contributed by atoms with Gasteiger partial charge < -0.3 is 14.2 Å². The average molecular weight is 473 g/mol. The molecule has 0 bridgehead atoms. The van der Waals surface area contributed by atoms with Gasteiger partial charge in [0.15, 0.2) is 11.5 Å². The molecule has 8 heteroatoms. The number of rotatable bonds is 5. The number of para-hydroxylation sites is 1. The van der Waals surface area contributed by atoms with Crippen LogP contribution in [0.4, 0.5) is 0 Å². The van der Waals surface area contributed by atoms with Crippen LogP contribution in [0.3, 0.4) is 0 Å². The van der Waals surface area contributed by atoms with Gasteiger partial charge in [-0.15, -0.1) is 11.3 Å². The lowest BCUT2D eigenvalue weighted by Gasteiger charge is -2.17. The molecule has 0 radical (unpaired) electrons. The third kappa shape index (κ3) is 3.39. The molecule has 0 aliphatic heterocycles. The quantitative estimate of drug-likeness (QED) is 0.347. The van der Waals surface area contributed by atoms with Gasteiger partial charge in [0, 0.05) is 15.6 Å². The Balaban J connectivity index is 1.95. The highest BCUT2D eigenvalue weighted by atomic mass is 32.1. The molecular weight excluding hydrogens is 452 g/mol. The lowest BCUT2D eigenvalue weighted by Crippen LogP contribution is -2.26. The average Bonchev–Trinajstić information content (AvgIpc) is 2.88. The van der Waals surface area contributed by atoms with Gasteiger partial charge in [-0.1, -0.05) is 30.3 Å². The molecule has 0 aliphatic carbocycles. The summed E-state index contributed by atoms with van der Waals surface area (Å²) in [6.45, 7) is 0. The Labute approximate surface area is 198 Å². The fraction of sp³-hybridized carbons (Fsp3) is 0.115. The van der Waals surface area contributed by atoms with Crippen molar-refractivity contribution in [2.75, 3.05) is 21.3 Å². The van der Waals surface area contributed by atoms with Crippen LogP contribution < -0.4 is 25.2 Å². The van der Waals surface area contributed by atoms with Gasteiger partial charge in [-0.3, -0.25) is 14.2 Å². The van der Waals surface area contributed by atoms with Gasteiger partial charge in [0.25, 0.3) is 5.56 Å². The topological polar surface area (TPSA) is 79.7 Å². The number of benzene rings is 3. The van der Waals surface area contributed by atoms with Gasteiger partial charge in [0.2, 0.25) is 11.2 Å². The minimum atomic E-state index is -0.438. The predicted molar refractivity (Wildman–Crippen MR) is 134 cm³/mol. The number of nitrogens with zero attached hydrogens (tertiary/aromatic N) is 2. The second kappa shape index (κ2) is 8.64. The number of fused-ring (bicyclic) bond motifs is 2. The molecule has 0 spiro atoms. The maximum absolute atomic E-state index is 13.9. The number of aromatic nitrogens is 2. The molecule has 0 aliphatic rings. The van der Waals surface area contributed by atoms with Crippen LogP contribution in [-0.2, 0) is 0 Å². The first-order valence-electron chi connectivity index (χ1n) is 10.4. The molecule has 5 rings (SSSR count). The zero-order chi connectivity index (χ0) is 23.8. The summed E-state index contributed by atoms with van der Waals surface area (Å²) < 4.78 is 18.7. The summed E-state index contributed by atoms with van der Waals surface area (Å²) in [5, 5.41) is 0.558. The Morgan fingerprint density at radius 2 is 1.47 bits per heavy atom. The van der Waals surface area contributed by atoms with Crippen molar-refractivity contribution in [2.45, 2.75) is 0 Å². The number of ether oxygens (including phenoxy) is 3. The number of hydrogen-bond donors (Lipinski definition) is 0. The summed E-state index contributed by atoms with van der Waals surface area (Å²) in [7, 11) is 4.57. The molecular formula is C26H20N2O5S. The van der Waals surface area contributed by atoms with Gasteiger partial charge in [-0.05, 0) is 36.4 Å². The van der Waals surface area contributed by atoms with E-state index in [4.69, 9.17) is 19.2 Å². The lowest BCUT2D eigenvalue weighted by atomic mass is 10.1. The second-order valence-electron chi connectivity index (χ2n) is 7.43. The highest BCUT2D eigenvalue weighted by molar-refractivity contribution is 7.24. The SMILES string of the molecule is COc1cc(-c2nc3sc4ccccc4c(=O)c3c(=O)n2-c2ccccc2)cc(OC)c1OC. The van der Waals surface area contributed by atoms with E-state index >= 15 is 0 Å². The zero-order valence-electron chi connectivity index (χ0n) is 18.7. The van der Waals surface area contributed by atoms with E-state index in [1.54, 1.807) is 36.4 Å². The minimum Gasteiger partial charge on any atom is -0.493 e. The van der Waals surface area contributed by atoms with Crippen LogP contribution in [0.2, 0.25) is 0 Å². The van der Waals surface area contributed by atoms with E-state index in [1.165, 1.54) is 37.2 Å². The summed E-state index contributed by atoms with van der Waals surface area (Å²) in [4.78, 5) is 32.4. The van der Waals surface area contributed by atoms with Crippen LogP contribution in [0.15, 0.2) is 76.3 Å². The van der Waals surface area contributed by atoms with E-state index in [9.17, 15) is 9.59 Å². The molecule has 0 atom stereocenters. The molecule has 2 heterocycles. The van der Waals surface area contributed by atoms with Gasteiger partial charge >= 0.3 is 0 Å². The van der Waals surface area contributed by atoms with Crippen LogP contribution in [0.25, 0.3) is 37.4 Å². The molecule has 5 aromatic rings. The maximum atomic E-state index is 13.9. The minimum absolute atomic E-state index is 0.0590. The second-order valence-corrected chi connectivity index (χ2v) is 8.46. The van der Waals surface area contributed by atoms with E-state index in [-0.39, 0.29) is 10.8 Å². The normalized spacial score (nSPS) is 11.0. The van der Waals surface area contributed by atoms with Crippen molar-refractivity contribution in [3.8, 4) is 34.3 Å². The summed E-state index contributed by atoms with van der Waals surface area (Å²) in [6, 6.07) is 19.8. The maximum Gasteiger partial charge on any atom is 0.271 e. The third-order valence-electron chi connectivity index (χ3n) is 5.55. The molecule has 0 saturated heterocycles. The molecule has 0 fully saturated rings. The van der Waals surface area contributed by atoms with Gasteiger partial charge in [0.05, 0.1) is 27.0 Å². The molecule has 0 saturated carbocycles. The summed E-state index contributed by atoms with van der Waals surface area (Å²) >= 11 is 1.31. The van der Waals surface area contributed by atoms with Crippen LogP contribution in [0, 0.1) is 0 Å². The lowest BCUT2D eigenvalue weighted by molar-refractivity contribution is 0.324. The zero-order valence-corrected chi connectivity index (χ0v) is 19.5. The number of methoxy groups -OCH3 is 3. The van der Waals surface area contributed by atoms with E-state index in [0.717, 1.165) is 4.70 Å². The Hall–Kier alpha value is -4.17. The fourth-order valence-electron chi connectivity index (χ4n) is 3.97.